The number of carbonyl (C=O) groups is 5. The zero-order valence-electron chi connectivity index (χ0n) is 31.5. The van der Waals surface area contributed by atoms with E-state index in [1.807, 2.05) is 25.1 Å². The normalized spacial score (nSPS) is 21.7. The molecule has 280 valence electrons. The fourth-order valence-electron chi connectivity index (χ4n) is 7.30. The number of carbonyl (C=O) groups excluding carboxylic acids is 5. The lowest BCUT2D eigenvalue weighted by Crippen LogP contribution is -2.52. The molecular formula is C39H61N3O8. The molecule has 0 bridgehead atoms. The van der Waals surface area contributed by atoms with Crippen molar-refractivity contribution in [1.29, 1.82) is 0 Å². The maximum Gasteiger partial charge on any atom is 0.417 e. The Hall–Kier alpha value is -3.47. The second-order valence-electron chi connectivity index (χ2n) is 16.3. The number of esters is 2. The number of aryl methyl sites for hydroxylation is 1. The highest BCUT2D eigenvalue weighted by Gasteiger charge is 2.47. The summed E-state index contributed by atoms with van der Waals surface area (Å²) in [6.07, 6.45) is 5.41. The molecule has 1 aromatic rings. The molecule has 5 atom stereocenters. The van der Waals surface area contributed by atoms with Gasteiger partial charge in [-0.05, 0) is 118 Å². The number of ether oxygens (including phenoxy) is 3. The summed E-state index contributed by atoms with van der Waals surface area (Å²) in [5.74, 6) is -2.80. The number of hydrogen-bond acceptors (Lipinski definition) is 9. The molecule has 3 amide bonds. The average molecular weight is 700 g/mol. The van der Waals surface area contributed by atoms with Crippen molar-refractivity contribution in [1.82, 2.24) is 10.2 Å². The highest BCUT2D eigenvalue weighted by molar-refractivity contribution is 5.95. The van der Waals surface area contributed by atoms with Crippen LogP contribution in [0.5, 0.6) is 0 Å². The summed E-state index contributed by atoms with van der Waals surface area (Å²) in [5, 5.41) is 3.33. The van der Waals surface area contributed by atoms with Crippen LogP contribution in [0.2, 0.25) is 0 Å². The van der Waals surface area contributed by atoms with E-state index in [1.54, 1.807) is 41.5 Å². The molecular weight excluding hydrogens is 638 g/mol. The zero-order valence-corrected chi connectivity index (χ0v) is 31.5. The van der Waals surface area contributed by atoms with Crippen LogP contribution in [-0.2, 0) is 39.8 Å². The quantitative estimate of drug-likeness (QED) is 0.184. The van der Waals surface area contributed by atoms with Crippen LogP contribution in [0.4, 0.5) is 4.79 Å². The molecule has 2 aliphatic carbocycles. The summed E-state index contributed by atoms with van der Waals surface area (Å²) in [6, 6.07) is 8.99. The van der Waals surface area contributed by atoms with E-state index in [0.29, 0.717) is 38.7 Å². The van der Waals surface area contributed by atoms with Crippen LogP contribution in [0, 0.1) is 23.2 Å². The number of imide groups is 1. The average Bonchev–Trinajstić information content (AvgIpc) is 3.50. The monoisotopic (exact) mass is 699 g/mol. The van der Waals surface area contributed by atoms with Gasteiger partial charge in [-0.3, -0.25) is 19.2 Å². The Morgan fingerprint density at radius 2 is 1.58 bits per heavy atom. The smallest absolute Gasteiger partial charge is 0.417 e. The van der Waals surface area contributed by atoms with Crippen molar-refractivity contribution in [3.05, 3.63) is 35.9 Å². The minimum atomic E-state index is -1.02. The lowest BCUT2D eigenvalue weighted by molar-refractivity contribution is -0.162. The molecule has 0 unspecified atom stereocenters. The van der Waals surface area contributed by atoms with Crippen LogP contribution in [-0.4, -0.2) is 71.2 Å². The van der Waals surface area contributed by atoms with Crippen LogP contribution in [0.25, 0.3) is 0 Å². The molecule has 0 aliphatic heterocycles. The number of amides is 3. The Morgan fingerprint density at radius 3 is 2.14 bits per heavy atom. The molecule has 3 N–H and O–H groups in total. The summed E-state index contributed by atoms with van der Waals surface area (Å²) >= 11 is 0. The third-order valence-corrected chi connectivity index (χ3v) is 9.65. The minimum Gasteiger partial charge on any atom is -0.466 e. The van der Waals surface area contributed by atoms with Crippen molar-refractivity contribution in [3.63, 3.8) is 0 Å². The molecule has 0 radical (unpaired) electrons. The molecule has 1 aromatic carbocycles. The molecule has 0 saturated heterocycles. The number of hydrogen-bond donors (Lipinski definition) is 2. The first kappa shape index (κ1) is 41.0. The van der Waals surface area contributed by atoms with Crippen LogP contribution in [0.1, 0.15) is 119 Å². The lowest BCUT2D eigenvalue weighted by atomic mass is 9.73. The predicted octanol–water partition coefficient (Wildman–Crippen LogP) is 6.10. The van der Waals surface area contributed by atoms with Crippen LogP contribution < -0.4 is 11.1 Å². The van der Waals surface area contributed by atoms with Gasteiger partial charge in [0.1, 0.15) is 11.2 Å². The second-order valence-corrected chi connectivity index (χ2v) is 16.3. The van der Waals surface area contributed by atoms with Crippen molar-refractivity contribution < 1.29 is 38.2 Å². The lowest BCUT2D eigenvalue weighted by Gasteiger charge is -2.39. The van der Waals surface area contributed by atoms with Crippen LogP contribution >= 0.6 is 0 Å². The highest BCUT2D eigenvalue weighted by atomic mass is 16.6. The van der Waals surface area contributed by atoms with Gasteiger partial charge >= 0.3 is 18.0 Å². The Kier molecular flexibility index (Phi) is 14.5. The molecule has 0 spiro atoms. The Balaban J connectivity index is 1.86. The summed E-state index contributed by atoms with van der Waals surface area (Å²) in [4.78, 5) is 68.6. The van der Waals surface area contributed by atoms with Crippen molar-refractivity contribution >= 4 is 29.8 Å². The van der Waals surface area contributed by atoms with Crippen LogP contribution in [0.3, 0.4) is 0 Å². The van der Waals surface area contributed by atoms with E-state index in [-0.39, 0.29) is 42.7 Å². The van der Waals surface area contributed by atoms with Gasteiger partial charge in [0, 0.05) is 12.6 Å². The first-order valence-electron chi connectivity index (χ1n) is 18.4. The number of rotatable bonds is 13. The van der Waals surface area contributed by atoms with Gasteiger partial charge in [0.2, 0.25) is 11.8 Å². The van der Waals surface area contributed by atoms with Crippen molar-refractivity contribution in [3.8, 4) is 0 Å². The summed E-state index contributed by atoms with van der Waals surface area (Å²) < 4.78 is 16.8. The molecule has 11 nitrogen and oxygen atoms in total. The fraction of sp³-hybridized carbons (Fsp3) is 0.718. The number of nitrogens with two attached hydrogens (primary N) is 1. The molecule has 2 aliphatic rings. The fourth-order valence-corrected chi connectivity index (χ4v) is 7.30. The van der Waals surface area contributed by atoms with E-state index in [4.69, 9.17) is 19.9 Å². The standard InChI is InChI=1S/C39H61N3O8/c1-9-48-34(45)31-20-19-30(23-28(31)18-17-27-15-11-10-12-16-27)41-35(46)39(21-13-14-22-39)24-29(33(44)49-37(3,4)5)25-42(32(43)26(2)40)36(47)50-38(6,7)8/h10-12,15-16,26,28-31H,9,13-14,17-25,40H2,1-8H3,(H,41,46)/t26-,28+,29+,30+,31-/m1/s1. The Bertz CT molecular complexity index is 1310. The van der Waals surface area contributed by atoms with Gasteiger partial charge in [0.05, 0.1) is 29.9 Å². The first-order valence-corrected chi connectivity index (χ1v) is 18.4. The van der Waals surface area contributed by atoms with E-state index in [2.05, 4.69) is 17.4 Å². The first-order chi connectivity index (χ1) is 23.3. The SMILES string of the molecule is CCOC(=O)[C@@H]1CC[C@H](NC(=O)C2(C[C@@H](CN(C(=O)OC(C)(C)C)C(=O)[C@@H](C)N)C(=O)OC(C)(C)C)CCCC2)C[C@@H]1CCc1ccccc1. The zero-order chi connectivity index (χ0) is 37.3. The maximum atomic E-state index is 14.4. The summed E-state index contributed by atoms with van der Waals surface area (Å²) in [6.45, 7) is 13.6. The third-order valence-electron chi connectivity index (χ3n) is 9.65. The van der Waals surface area contributed by atoms with Crippen LogP contribution in [0.15, 0.2) is 30.3 Å². The van der Waals surface area contributed by atoms with E-state index < -0.39 is 46.5 Å². The summed E-state index contributed by atoms with van der Waals surface area (Å²) in [5.41, 5.74) is 4.49. The number of benzene rings is 1. The van der Waals surface area contributed by atoms with Gasteiger partial charge in [0.15, 0.2) is 0 Å². The molecule has 50 heavy (non-hydrogen) atoms. The Labute approximate surface area is 298 Å². The molecule has 0 heterocycles. The van der Waals surface area contributed by atoms with Crippen molar-refractivity contribution in [2.24, 2.45) is 28.9 Å². The third kappa shape index (κ3) is 12.1. The van der Waals surface area contributed by atoms with E-state index in [0.717, 1.165) is 30.6 Å². The van der Waals surface area contributed by atoms with Crippen molar-refractivity contribution in [2.45, 2.75) is 143 Å². The van der Waals surface area contributed by atoms with Gasteiger partial charge in [-0.2, -0.15) is 0 Å². The maximum absolute atomic E-state index is 14.4. The van der Waals surface area contributed by atoms with E-state index in [9.17, 15) is 24.0 Å². The Morgan fingerprint density at radius 1 is 0.960 bits per heavy atom. The highest BCUT2D eigenvalue weighted by Crippen LogP contribution is 2.45. The van der Waals surface area contributed by atoms with Gasteiger partial charge in [-0.1, -0.05) is 43.2 Å². The second kappa shape index (κ2) is 17.6. The van der Waals surface area contributed by atoms with Gasteiger partial charge in [-0.25, -0.2) is 9.69 Å². The van der Waals surface area contributed by atoms with Gasteiger partial charge in [0.25, 0.3) is 0 Å². The largest absolute Gasteiger partial charge is 0.466 e. The summed E-state index contributed by atoms with van der Waals surface area (Å²) in [7, 11) is 0. The minimum absolute atomic E-state index is 0.0361. The molecule has 11 heteroatoms. The molecule has 2 saturated carbocycles. The number of nitrogens with zero attached hydrogens (tertiary/aromatic N) is 1. The molecule has 3 rings (SSSR count). The molecule has 2 fully saturated rings. The topological polar surface area (TPSA) is 154 Å². The predicted molar refractivity (Wildman–Crippen MR) is 191 cm³/mol. The van der Waals surface area contributed by atoms with E-state index >= 15 is 0 Å². The van der Waals surface area contributed by atoms with Crippen molar-refractivity contribution in [2.75, 3.05) is 13.2 Å². The molecule has 0 aromatic heterocycles. The van der Waals surface area contributed by atoms with Gasteiger partial charge < -0.3 is 25.3 Å². The van der Waals surface area contributed by atoms with Gasteiger partial charge in [-0.15, -0.1) is 0 Å². The van der Waals surface area contributed by atoms with E-state index in [1.165, 1.54) is 12.5 Å². The number of nitrogens with one attached hydrogen (secondary N) is 1.